The van der Waals surface area contributed by atoms with Gasteiger partial charge >= 0.3 is 0 Å². The topological polar surface area (TPSA) is 108 Å². The number of oxime groups is 1. The molecular formula is C22H22N6O3. The minimum absolute atomic E-state index is 0.0338. The molecule has 0 aliphatic carbocycles. The van der Waals surface area contributed by atoms with E-state index in [2.05, 4.69) is 30.3 Å². The van der Waals surface area contributed by atoms with E-state index in [0.717, 1.165) is 28.8 Å². The number of nitrogens with zero attached hydrogens (tertiary/aromatic N) is 6. The molecule has 31 heavy (non-hydrogen) atoms. The third-order valence-corrected chi connectivity index (χ3v) is 4.62. The van der Waals surface area contributed by atoms with Crippen molar-refractivity contribution in [1.29, 1.82) is 0 Å². The van der Waals surface area contributed by atoms with E-state index >= 15 is 0 Å². The first-order valence-electron chi connectivity index (χ1n) is 9.90. The molecular weight excluding hydrogens is 396 g/mol. The van der Waals surface area contributed by atoms with Gasteiger partial charge in [0.2, 0.25) is 11.8 Å². The maximum absolute atomic E-state index is 6.04. The molecule has 0 bridgehead atoms. The Hall–Kier alpha value is -3.88. The summed E-state index contributed by atoms with van der Waals surface area (Å²) in [7, 11) is 0. The van der Waals surface area contributed by atoms with Gasteiger partial charge in [-0.1, -0.05) is 17.2 Å². The Morgan fingerprint density at radius 3 is 2.74 bits per heavy atom. The van der Waals surface area contributed by atoms with Gasteiger partial charge in [0.05, 0.1) is 18.5 Å². The standard InChI is InChI=1S/C22H22N6O3/c1-5-18-11-24-30-20(27-18)7-6-16-10-23-12-19(14(16)3)29-21-9-17(8-13(2)25-21)22-26-15(4)28-31-22/h6-12,18H,5H2,1-4H3/b7-6+. The third kappa shape index (κ3) is 4.82. The molecule has 1 aliphatic rings. The number of hydrogen-bond donors (Lipinski definition) is 0. The van der Waals surface area contributed by atoms with E-state index in [-0.39, 0.29) is 6.04 Å². The second-order valence-electron chi connectivity index (χ2n) is 7.06. The number of ether oxygens (including phenoxy) is 1. The van der Waals surface area contributed by atoms with E-state index in [4.69, 9.17) is 14.1 Å². The Kier molecular flexibility index (Phi) is 5.83. The first kappa shape index (κ1) is 20.4. The predicted molar refractivity (Wildman–Crippen MR) is 116 cm³/mol. The van der Waals surface area contributed by atoms with Crippen LogP contribution < -0.4 is 4.74 Å². The second-order valence-corrected chi connectivity index (χ2v) is 7.06. The molecule has 1 aliphatic heterocycles. The van der Waals surface area contributed by atoms with Crippen LogP contribution in [0, 0.1) is 20.8 Å². The van der Waals surface area contributed by atoms with Crippen molar-refractivity contribution in [2.24, 2.45) is 10.1 Å². The van der Waals surface area contributed by atoms with Crippen molar-refractivity contribution in [2.45, 2.75) is 40.2 Å². The molecule has 0 radical (unpaired) electrons. The molecule has 3 aromatic heterocycles. The molecule has 0 saturated carbocycles. The minimum atomic E-state index is 0.0338. The molecule has 0 saturated heterocycles. The summed E-state index contributed by atoms with van der Waals surface area (Å²) in [6.45, 7) is 7.64. The van der Waals surface area contributed by atoms with E-state index in [9.17, 15) is 0 Å². The lowest BCUT2D eigenvalue weighted by atomic mass is 10.1. The van der Waals surface area contributed by atoms with Gasteiger partial charge in [-0.3, -0.25) is 4.98 Å². The van der Waals surface area contributed by atoms with E-state index in [1.165, 1.54) is 0 Å². The molecule has 4 heterocycles. The van der Waals surface area contributed by atoms with E-state index in [1.807, 2.05) is 32.9 Å². The van der Waals surface area contributed by atoms with Crippen LogP contribution in [0.2, 0.25) is 0 Å². The van der Waals surface area contributed by atoms with Crippen molar-refractivity contribution >= 4 is 18.2 Å². The Balaban J connectivity index is 1.57. The van der Waals surface area contributed by atoms with Crippen molar-refractivity contribution in [2.75, 3.05) is 0 Å². The molecule has 1 unspecified atom stereocenters. The third-order valence-electron chi connectivity index (χ3n) is 4.62. The number of aliphatic imine (C=N–C) groups is 1. The van der Waals surface area contributed by atoms with E-state index < -0.39 is 0 Å². The molecule has 158 valence electrons. The molecule has 0 N–H and O–H groups in total. The summed E-state index contributed by atoms with van der Waals surface area (Å²) in [5.74, 6) is 2.44. The number of aryl methyl sites for hydroxylation is 2. The van der Waals surface area contributed by atoms with Crippen molar-refractivity contribution in [3.8, 4) is 23.1 Å². The SMILES string of the molecule is CCC1C=NOC(/C=C/c2cncc(Oc3cc(-c4nc(C)no4)cc(C)n3)c2C)=N1. The lowest BCUT2D eigenvalue weighted by Crippen LogP contribution is -2.14. The van der Waals surface area contributed by atoms with Crippen molar-refractivity contribution < 1.29 is 14.1 Å². The average Bonchev–Trinajstić information content (AvgIpc) is 3.20. The Morgan fingerprint density at radius 2 is 1.97 bits per heavy atom. The smallest absolute Gasteiger partial charge is 0.258 e. The minimum Gasteiger partial charge on any atom is -0.437 e. The van der Waals surface area contributed by atoms with Crippen molar-refractivity contribution in [3.05, 3.63) is 53.2 Å². The van der Waals surface area contributed by atoms with Crippen LogP contribution in [0.5, 0.6) is 11.6 Å². The highest BCUT2D eigenvalue weighted by atomic mass is 16.6. The fourth-order valence-corrected chi connectivity index (χ4v) is 2.94. The predicted octanol–water partition coefficient (Wildman–Crippen LogP) is 4.45. The van der Waals surface area contributed by atoms with Crippen LogP contribution in [0.3, 0.4) is 0 Å². The molecule has 0 spiro atoms. The van der Waals surface area contributed by atoms with Gasteiger partial charge in [0.15, 0.2) is 11.6 Å². The first-order valence-corrected chi connectivity index (χ1v) is 9.90. The van der Waals surface area contributed by atoms with E-state index in [1.54, 1.807) is 37.7 Å². The van der Waals surface area contributed by atoms with Gasteiger partial charge < -0.3 is 14.1 Å². The maximum Gasteiger partial charge on any atom is 0.258 e. The van der Waals surface area contributed by atoms with Gasteiger partial charge in [0.1, 0.15) is 0 Å². The highest BCUT2D eigenvalue weighted by molar-refractivity contribution is 5.94. The average molecular weight is 418 g/mol. The van der Waals surface area contributed by atoms with Gasteiger partial charge in [-0.25, -0.2) is 9.98 Å². The summed E-state index contributed by atoms with van der Waals surface area (Å²) in [5, 5.41) is 7.73. The number of hydrogen-bond acceptors (Lipinski definition) is 9. The van der Waals surface area contributed by atoms with Crippen LogP contribution in [0.15, 0.2) is 45.3 Å². The molecule has 3 aromatic rings. The quantitative estimate of drug-likeness (QED) is 0.582. The number of aromatic nitrogens is 4. The van der Waals surface area contributed by atoms with Crippen molar-refractivity contribution in [3.63, 3.8) is 0 Å². The molecule has 0 fully saturated rings. The Bertz CT molecular complexity index is 1180. The van der Waals surface area contributed by atoms with Crippen LogP contribution in [0.4, 0.5) is 0 Å². The monoisotopic (exact) mass is 418 g/mol. The van der Waals surface area contributed by atoms with Gasteiger partial charge in [0.25, 0.3) is 5.89 Å². The Labute approximate surface area is 179 Å². The van der Waals surface area contributed by atoms with Gasteiger partial charge in [-0.05, 0) is 44.9 Å². The zero-order chi connectivity index (χ0) is 21.8. The highest BCUT2D eigenvalue weighted by Crippen LogP contribution is 2.29. The Morgan fingerprint density at radius 1 is 1.10 bits per heavy atom. The zero-order valence-electron chi connectivity index (χ0n) is 17.7. The van der Waals surface area contributed by atoms with E-state index in [0.29, 0.717) is 29.2 Å². The van der Waals surface area contributed by atoms with Crippen LogP contribution >= 0.6 is 0 Å². The summed E-state index contributed by atoms with van der Waals surface area (Å²) in [6.07, 6.45) is 9.60. The van der Waals surface area contributed by atoms with Gasteiger partial charge in [-0.2, -0.15) is 4.98 Å². The molecule has 9 heteroatoms. The van der Waals surface area contributed by atoms with Gasteiger partial charge in [-0.15, -0.1) is 0 Å². The number of rotatable bonds is 6. The second kappa shape index (κ2) is 8.86. The lowest BCUT2D eigenvalue weighted by Gasteiger charge is -2.11. The van der Waals surface area contributed by atoms with Crippen LogP contribution in [-0.2, 0) is 4.84 Å². The molecule has 0 aromatic carbocycles. The summed E-state index contributed by atoms with van der Waals surface area (Å²) >= 11 is 0. The number of pyridine rings is 2. The van der Waals surface area contributed by atoms with Crippen LogP contribution in [0.1, 0.15) is 36.0 Å². The van der Waals surface area contributed by atoms with Crippen LogP contribution in [-0.4, -0.2) is 38.3 Å². The van der Waals surface area contributed by atoms with Crippen LogP contribution in [0.25, 0.3) is 17.5 Å². The molecule has 1 atom stereocenters. The lowest BCUT2D eigenvalue weighted by molar-refractivity contribution is 0.321. The summed E-state index contributed by atoms with van der Waals surface area (Å²) < 4.78 is 11.3. The molecule has 0 amide bonds. The summed E-state index contributed by atoms with van der Waals surface area (Å²) in [4.78, 5) is 22.7. The molecule has 9 nitrogen and oxygen atoms in total. The molecule has 4 rings (SSSR count). The van der Waals surface area contributed by atoms with Gasteiger partial charge in [0, 0.05) is 35.2 Å². The highest BCUT2D eigenvalue weighted by Gasteiger charge is 2.13. The summed E-state index contributed by atoms with van der Waals surface area (Å²) in [5.41, 5.74) is 3.27. The first-order chi connectivity index (χ1) is 15.0. The summed E-state index contributed by atoms with van der Waals surface area (Å²) in [6, 6.07) is 3.66. The van der Waals surface area contributed by atoms with Crippen molar-refractivity contribution in [1.82, 2.24) is 20.1 Å². The largest absolute Gasteiger partial charge is 0.437 e. The normalized spacial score (nSPS) is 15.7. The fraction of sp³-hybridized carbons (Fsp3) is 0.273. The zero-order valence-corrected chi connectivity index (χ0v) is 17.7. The maximum atomic E-state index is 6.04. The fourth-order valence-electron chi connectivity index (χ4n) is 2.94.